The third kappa shape index (κ3) is 16.1. The minimum Gasteiger partial charge on any atom is -0.331 e. The zero-order chi connectivity index (χ0) is 40.4. The lowest BCUT2D eigenvalue weighted by atomic mass is 10.0. The third-order valence-electron chi connectivity index (χ3n) is 10.7. The molecule has 2 saturated heterocycles. The molecule has 2 aromatic carbocycles. The number of hydrogen-bond acceptors (Lipinski definition) is 4. The molecule has 2 N–H and O–H groups in total. The molecule has 8 nitrogen and oxygen atoms in total. The highest BCUT2D eigenvalue weighted by molar-refractivity contribution is 14.1. The summed E-state index contributed by atoms with van der Waals surface area (Å²) in [6.07, 6.45) is 13.9. The van der Waals surface area contributed by atoms with Crippen molar-refractivity contribution in [2.24, 2.45) is 11.8 Å². The first-order chi connectivity index (χ1) is 26.1. The van der Waals surface area contributed by atoms with E-state index in [1.165, 1.54) is 25.7 Å². The van der Waals surface area contributed by atoms with Crippen LogP contribution in [0.1, 0.15) is 116 Å². The highest BCUT2D eigenvalue weighted by Crippen LogP contribution is 2.35. The van der Waals surface area contributed by atoms with Crippen molar-refractivity contribution in [1.29, 1.82) is 0 Å². The van der Waals surface area contributed by atoms with Gasteiger partial charge in [0, 0.05) is 47.1 Å². The van der Waals surface area contributed by atoms with E-state index < -0.39 is 0 Å². The fourth-order valence-electron chi connectivity index (χ4n) is 6.35. The molecule has 13 heteroatoms. The Morgan fingerprint density at radius 1 is 0.690 bits per heavy atom. The summed E-state index contributed by atoms with van der Waals surface area (Å²) in [5.41, 5.74) is 2.39. The SMILES string of the molecule is C.C.C.C#CC1CC1.CC(NC(=O)N(C)C1CCN(C)CC1)c1ccc(C#CC2CC2)c(Cl)c1Cl.CC(NC(=O)N(C)C1CCN(C)CC1)c1ccc(I)c(Cl)c1Cl. The predicted octanol–water partition coefficient (Wildman–Crippen LogP) is 11.9. The summed E-state index contributed by atoms with van der Waals surface area (Å²) in [5, 5.41) is 8.04. The molecule has 0 aromatic heterocycles. The molecule has 58 heavy (non-hydrogen) atoms. The van der Waals surface area contributed by atoms with E-state index in [0.717, 1.165) is 72.1 Å². The average Bonchev–Trinajstić information content (AvgIpc) is 4.11. The summed E-state index contributed by atoms with van der Waals surface area (Å²) in [4.78, 5) is 33.4. The van der Waals surface area contributed by atoms with E-state index in [9.17, 15) is 9.59 Å². The Balaban J connectivity index is 0.000000498. The molecule has 0 radical (unpaired) electrons. The minimum absolute atomic E-state index is 0. The Hall–Kier alpha value is -2.09. The molecule has 2 aliphatic carbocycles. The molecule has 4 aliphatic rings. The van der Waals surface area contributed by atoms with Gasteiger partial charge in [-0.3, -0.25) is 0 Å². The van der Waals surface area contributed by atoms with E-state index in [0.29, 0.717) is 31.9 Å². The summed E-state index contributed by atoms with van der Waals surface area (Å²) in [7, 11) is 7.95. The van der Waals surface area contributed by atoms with Gasteiger partial charge in [0.15, 0.2) is 0 Å². The van der Waals surface area contributed by atoms with Gasteiger partial charge >= 0.3 is 12.1 Å². The second kappa shape index (κ2) is 25.6. The van der Waals surface area contributed by atoms with Crippen LogP contribution in [-0.4, -0.2) is 98.1 Å². The molecule has 4 amide bonds. The molecule has 0 bridgehead atoms. The number of likely N-dealkylation sites (tertiary alicyclic amines) is 2. The molecule has 4 fully saturated rings. The lowest BCUT2D eigenvalue weighted by molar-refractivity contribution is 0.145. The van der Waals surface area contributed by atoms with Gasteiger partial charge in [-0.1, -0.05) is 92.7 Å². The van der Waals surface area contributed by atoms with Gasteiger partial charge in [-0.25, -0.2) is 9.59 Å². The van der Waals surface area contributed by atoms with Crippen molar-refractivity contribution in [3.05, 3.63) is 64.6 Å². The maximum absolute atomic E-state index is 12.7. The normalized spacial score (nSPS) is 17.8. The van der Waals surface area contributed by atoms with Crippen molar-refractivity contribution in [2.45, 2.75) is 112 Å². The zero-order valence-electron chi connectivity index (χ0n) is 32.8. The van der Waals surface area contributed by atoms with Gasteiger partial charge in [0.2, 0.25) is 0 Å². The highest BCUT2D eigenvalue weighted by atomic mass is 127. The molecule has 2 aliphatic heterocycles. The molecule has 2 heterocycles. The monoisotopic (exact) mass is 990 g/mol. The van der Waals surface area contributed by atoms with E-state index in [-0.39, 0.29) is 58.5 Å². The summed E-state index contributed by atoms with van der Waals surface area (Å²) >= 11 is 27.5. The first kappa shape index (κ1) is 53.9. The molecular weight excluding hydrogens is 925 g/mol. The second-order valence-corrected chi connectivity index (χ2v) is 17.9. The van der Waals surface area contributed by atoms with Crippen LogP contribution in [0.25, 0.3) is 0 Å². The summed E-state index contributed by atoms with van der Waals surface area (Å²) < 4.78 is 0.903. The van der Waals surface area contributed by atoms with Gasteiger partial charge in [-0.15, -0.1) is 12.3 Å². The van der Waals surface area contributed by atoms with Crippen molar-refractivity contribution in [3.8, 4) is 24.2 Å². The van der Waals surface area contributed by atoms with Crippen molar-refractivity contribution in [3.63, 3.8) is 0 Å². The first-order valence-electron chi connectivity index (χ1n) is 19.1. The molecule has 0 spiro atoms. The Labute approximate surface area is 384 Å². The van der Waals surface area contributed by atoms with Crippen LogP contribution in [-0.2, 0) is 0 Å². The zero-order valence-corrected chi connectivity index (χ0v) is 38.0. The number of carbonyl (C=O) groups is 2. The van der Waals surface area contributed by atoms with E-state index in [4.69, 9.17) is 52.8 Å². The first-order valence-corrected chi connectivity index (χ1v) is 21.7. The van der Waals surface area contributed by atoms with E-state index in [2.05, 4.69) is 74.9 Å². The van der Waals surface area contributed by atoms with Crippen molar-refractivity contribution in [1.82, 2.24) is 30.2 Å². The van der Waals surface area contributed by atoms with E-state index in [1.54, 1.807) is 0 Å². The average molecular weight is 993 g/mol. The third-order valence-corrected chi connectivity index (χ3v) is 13.7. The molecule has 6 rings (SSSR count). The molecule has 2 atom stereocenters. The van der Waals surface area contributed by atoms with E-state index in [1.807, 2.05) is 62.0 Å². The van der Waals surface area contributed by atoms with Crippen LogP contribution in [0.4, 0.5) is 9.59 Å². The number of piperidine rings is 2. The number of nitrogens with one attached hydrogen (secondary N) is 2. The van der Waals surface area contributed by atoms with Crippen LogP contribution in [0.5, 0.6) is 0 Å². The number of carbonyl (C=O) groups excluding carboxylic acids is 2. The molecule has 2 unspecified atom stereocenters. The smallest absolute Gasteiger partial charge is 0.317 e. The van der Waals surface area contributed by atoms with Crippen LogP contribution in [0, 0.1) is 39.6 Å². The Morgan fingerprint density at radius 3 is 1.47 bits per heavy atom. The standard InChI is InChI=1S/C21H27Cl2N3O.C16H22Cl2IN3O.C5H6.3CH4/c1-14(24-21(27)26(3)17-10-12-25(2)13-11-17)18-9-8-16(19(22)20(18)23)7-6-15-4-5-15;1-10(12-4-5-13(19)15(18)14(12)17)20-16(23)22(3)11-6-8-21(2)9-7-11;1-2-5-3-4-5;;;/h8-9,14-15,17H,4-5,10-13H2,1-3H3,(H,24,27);4-5,10-11H,6-9H2,1-3H3,(H,20,23);1,5H,3-4H2;3*1H4. The van der Waals surface area contributed by atoms with Gasteiger partial charge in [0.05, 0.1) is 32.2 Å². The Kier molecular flexibility index (Phi) is 23.8. The van der Waals surface area contributed by atoms with Gasteiger partial charge < -0.3 is 30.2 Å². The van der Waals surface area contributed by atoms with Crippen LogP contribution in [0.3, 0.4) is 0 Å². The van der Waals surface area contributed by atoms with Gasteiger partial charge in [-0.2, -0.15) is 0 Å². The fourth-order valence-corrected chi connectivity index (χ4v) is 8.01. The molecule has 2 aromatic rings. The largest absolute Gasteiger partial charge is 0.331 e. The van der Waals surface area contributed by atoms with Crippen LogP contribution in [0.2, 0.25) is 20.1 Å². The lowest BCUT2D eigenvalue weighted by Gasteiger charge is -2.35. The number of halogens is 5. The Bertz CT molecular complexity index is 1740. The van der Waals surface area contributed by atoms with Crippen molar-refractivity contribution < 1.29 is 9.59 Å². The van der Waals surface area contributed by atoms with Crippen molar-refractivity contribution in [2.75, 3.05) is 54.4 Å². The highest BCUT2D eigenvalue weighted by Gasteiger charge is 2.27. The summed E-state index contributed by atoms with van der Waals surface area (Å²) in [6.45, 7) is 7.93. The number of benzene rings is 2. The topological polar surface area (TPSA) is 71.2 Å². The number of nitrogens with zero attached hydrogens (tertiary/aromatic N) is 4. The maximum atomic E-state index is 12.7. The van der Waals surface area contributed by atoms with Gasteiger partial charge in [0.25, 0.3) is 0 Å². The van der Waals surface area contributed by atoms with Crippen LogP contribution >= 0.6 is 69.0 Å². The molecule has 324 valence electrons. The van der Waals surface area contributed by atoms with Crippen LogP contribution in [0.15, 0.2) is 24.3 Å². The predicted molar refractivity (Wildman–Crippen MR) is 257 cm³/mol. The Morgan fingerprint density at radius 2 is 1.09 bits per heavy atom. The summed E-state index contributed by atoms with van der Waals surface area (Å²) in [5.74, 6) is 10.1. The second-order valence-electron chi connectivity index (χ2n) is 15.2. The number of rotatable bonds is 6. The minimum atomic E-state index is -0.235. The lowest BCUT2D eigenvalue weighted by Crippen LogP contribution is -2.48. The van der Waals surface area contributed by atoms with Gasteiger partial charge in [-0.05, 0) is 151 Å². The summed E-state index contributed by atoms with van der Waals surface area (Å²) in [6, 6.07) is 7.60. The molecule has 2 saturated carbocycles. The fraction of sp³-hybridized carbons (Fsp3) is 0.600. The van der Waals surface area contributed by atoms with Crippen molar-refractivity contribution >= 4 is 81.1 Å². The molecular formula is C45H67Cl4IN6O2. The van der Waals surface area contributed by atoms with Gasteiger partial charge in [0.1, 0.15) is 0 Å². The number of urea groups is 2. The number of amides is 4. The maximum Gasteiger partial charge on any atom is 0.317 e. The number of terminal acetylenes is 1. The number of hydrogen-bond donors (Lipinski definition) is 2. The van der Waals surface area contributed by atoms with E-state index >= 15 is 0 Å². The van der Waals surface area contributed by atoms with Crippen LogP contribution < -0.4 is 10.6 Å². The quantitative estimate of drug-likeness (QED) is 0.172.